The summed E-state index contributed by atoms with van der Waals surface area (Å²) in [6.45, 7) is 1.47. The molecule has 3 rings (SSSR count). The number of carbonyl (C=O) groups excluding carboxylic acids is 1. The Morgan fingerprint density at radius 1 is 1.11 bits per heavy atom. The molecule has 1 heterocycles. The third-order valence-corrected chi connectivity index (χ3v) is 4.68. The maximum Gasteiger partial charge on any atom is 0.250 e. The van der Waals surface area contributed by atoms with Crippen LogP contribution in [-0.2, 0) is 13.0 Å². The first kappa shape index (κ1) is 20.0. The average Bonchev–Trinajstić information content (AvgIpc) is 2.69. The van der Waals surface area contributed by atoms with Crippen LogP contribution in [0, 0.1) is 5.82 Å². The lowest BCUT2D eigenvalue weighted by molar-refractivity contribution is 0.1000. The van der Waals surface area contributed by atoms with Gasteiger partial charge in [-0.05, 0) is 70.4 Å². The standard InChI is InChI=1S/C21H19BrFN3O2/c22-18-11-15(3-7-19(18)23)12-25-10-9-14-1-5-17(6-2-14)28-20-8-4-16(13-26-20)21(24)27/h1-8,11,13,25H,9-10,12H2,(H2,24,27). The molecule has 3 aromatic rings. The van der Waals surface area contributed by atoms with Crippen molar-refractivity contribution < 1.29 is 13.9 Å². The van der Waals surface area contributed by atoms with Gasteiger partial charge in [-0.1, -0.05) is 18.2 Å². The van der Waals surface area contributed by atoms with Crippen molar-refractivity contribution in [2.45, 2.75) is 13.0 Å². The highest BCUT2D eigenvalue weighted by atomic mass is 79.9. The fraction of sp³-hybridized carbons (Fsp3) is 0.143. The molecule has 1 amide bonds. The molecule has 7 heteroatoms. The van der Waals surface area contributed by atoms with Gasteiger partial charge in [0.2, 0.25) is 11.8 Å². The van der Waals surface area contributed by atoms with Crippen molar-refractivity contribution in [1.82, 2.24) is 10.3 Å². The van der Waals surface area contributed by atoms with Crippen LogP contribution >= 0.6 is 15.9 Å². The SMILES string of the molecule is NC(=O)c1ccc(Oc2ccc(CCNCc3ccc(F)c(Br)c3)cc2)nc1. The van der Waals surface area contributed by atoms with Gasteiger partial charge in [-0.15, -0.1) is 0 Å². The topological polar surface area (TPSA) is 77.2 Å². The monoisotopic (exact) mass is 443 g/mol. The van der Waals surface area contributed by atoms with E-state index < -0.39 is 5.91 Å². The number of amides is 1. The van der Waals surface area contributed by atoms with Gasteiger partial charge in [0, 0.05) is 18.8 Å². The molecular weight excluding hydrogens is 425 g/mol. The van der Waals surface area contributed by atoms with Crippen LogP contribution in [0.3, 0.4) is 0 Å². The first-order valence-electron chi connectivity index (χ1n) is 8.68. The number of nitrogens with one attached hydrogen (secondary N) is 1. The number of halogens is 2. The summed E-state index contributed by atoms with van der Waals surface area (Å²) in [5.74, 6) is 0.270. The minimum absolute atomic E-state index is 0.259. The largest absolute Gasteiger partial charge is 0.439 e. The van der Waals surface area contributed by atoms with Gasteiger partial charge in [0.1, 0.15) is 11.6 Å². The number of hydrogen-bond acceptors (Lipinski definition) is 4. The van der Waals surface area contributed by atoms with Crippen LogP contribution in [-0.4, -0.2) is 17.4 Å². The lowest BCUT2D eigenvalue weighted by atomic mass is 10.1. The second-order valence-corrected chi connectivity index (χ2v) is 7.02. The fourth-order valence-corrected chi connectivity index (χ4v) is 2.97. The molecule has 0 aliphatic rings. The molecule has 2 aromatic carbocycles. The number of pyridine rings is 1. The highest BCUT2D eigenvalue weighted by Gasteiger charge is 2.04. The Labute approximate surface area is 170 Å². The van der Waals surface area contributed by atoms with Crippen LogP contribution in [0.4, 0.5) is 4.39 Å². The van der Waals surface area contributed by atoms with Crippen molar-refractivity contribution in [3.8, 4) is 11.6 Å². The smallest absolute Gasteiger partial charge is 0.250 e. The number of benzene rings is 2. The minimum Gasteiger partial charge on any atom is -0.439 e. The molecule has 0 fully saturated rings. The molecular formula is C21H19BrFN3O2. The summed E-state index contributed by atoms with van der Waals surface area (Å²) in [5.41, 5.74) is 7.71. The molecule has 0 spiro atoms. The number of primary amides is 1. The first-order chi connectivity index (χ1) is 13.5. The second kappa shape index (κ2) is 9.43. The normalized spacial score (nSPS) is 10.6. The number of aromatic nitrogens is 1. The zero-order chi connectivity index (χ0) is 19.9. The summed E-state index contributed by atoms with van der Waals surface area (Å²) >= 11 is 3.19. The summed E-state index contributed by atoms with van der Waals surface area (Å²) < 4.78 is 19.4. The lowest BCUT2D eigenvalue weighted by Gasteiger charge is -2.08. The number of ether oxygens (including phenoxy) is 1. The molecule has 0 unspecified atom stereocenters. The fourth-order valence-electron chi connectivity index (χ4n) is 2.55. The number of hydrogen-bond donors (Lipinski definition) is 2. The third kappa shape index (κ3) is 5.61. The van der Waals surface area contributed by atoms with E-state index in [2.05, 4.69) is 26.2 Å². The number of carbonyl (C=O) groups is 1. The van der Waals surface area contributed by atoms with Crippen LogP contribution in [0.1, 0.15) is 21.5 Å². The average molecular weight is 444 g/mol. The maximum atomic E-state index is 13.2. The van der Waals surface area contributed by atoms with E-state index >= 15 is 0 Å². The van der Waals surface area contributed by atoms with Gasteiger partial charge in [-0.3, -0.25) is 4.79 Å². The van der Waals surface area contributed by atoms with E-state index in [-0.39, 0.29) is 5.82 Å². The molecule has 0 aliphatic carbocycles. The Bertz CT molecular complexity index is 947. The van der Waals surface area contributed by atoms with Gasteiger partial charge in [-0.2, -0.15) is 0 Å². The van der Waals surface area contributed by atoms with E-state index in [1.54, 1.807) is 24.3 Å². The Hall–Kier alpha value is -2.77. The van der Waals surface area contributed by atoms with E-state index in [1.165, 1.54) is 12.3 Å². The predicted molar refractivity (Wildman–Crippen MR) is 109 cm³/mol. The van der Waals surface area contributed by atoms with Gasteiger partial charge < -0.3 is 15.8 Å². The first-order valence-corrected chi connectivity index (χ1v) is 9.48. The Morgan fingerprint density at radius 2 is 1.86 bits per heavy atom. The lowest BCUT2D eigenvalue weighted by Crippen LogP contribution is -2.16. The van der Waals surface area contributed by atoms with Crippen molar-refractivity contribution in [2.75, 3.05) is 6.54 Å². The van der Waals surface area contributed by atoms with Crippen molar-refractivity contribution in [3.63, 3.8) is 0 Å². The molecule has 3 N–H and O–H groups in total. The van der Waals surface area contributed by atoms with Gasteiger partial charge >= 0.3 is 0 Å². The molecule has 0 aliphatic heterocycles. The minimum atomic E-state index is -0.524. The molecule has 28 heavy (non-hydrogen) atoms. The van der Waals surface area contributed by atoms with Crippen LogP contribution in [0.5, 0.6) is 11.6 Å². The molecule has 0 atom stereocenters. The van der Waals surface area contributed by atoms with Crippen molar-refractivity contribution in [3.05, 3.63) is 87.8 Å². The number of nitrogens with zero attached hydrogens (tertiary/aromatic N) is 1. The Morgan fingerprint density at radius 3 is 2.50 bits per heavy atom. The van der Waals surface area contributed by atoms with E-state index in [4.69, 9.17) is 10.5 Å². The van der Waals surface area contributed by atoms with Crippen LogP contribution in [0.2, 0.25) is 0 Å². The third-order valence-electron chi connectivity index (χ3n) is 4.07. The van der Waals surface area contributed by atoms with Gasteiger partial charge in [0.15, 0.2) is 0 Å². The van der Waals surface area contributed by atoms with Crippen LogP contribution in [0.15, 0.2) is 65.3 Å². The van der Waals surface area contributed by atoms with Gasteiger partial charge in [-0.25, -0.2) is 9.37 Å². The quantitative estimate of drug-likeness (QED) is 0.511. The van der Waals surface area contributed by atoms with E-state index in [1.807, 2.05) is 24.3 Å². The van der Waals surface area contributed by atoms with Crippen molar-refractivity contribution >= 4 is 21.8 Å². The highest BCUT2D eigenvalue weighted by Crippen LogP contribution is 2.20. The van der Waals surface area contributed by atoms with Gasteiger partial charge in [0.25, 0.3) is 0 Å². The van der Waals surface area contributed by atoms with Crippen molar-refractivity contribution in [2.24, 2.45) is 5.73 Å². The summed E-state index contributed by atoms with van der Waals surface area (Å²) in [4.78, 5) is 15.1. The van der Waals surface area contributed by atoms with Crippen LogP contribution in [0.25, 0.3) is 0 Å². The Balaban J connectivity index is 1.46. The summed E-state index contributed by atoms with van der Waals surface area (Å²) in [6.07, 6.45) is 2.24. The molecule has 0 saturated carbocycles. The predicted octanol–water partition coefficient (Wildman–Crippen LogP) is 4.21. The second-order valence-electron chi connectivity index (χ2n) is 6.17. The zero-order valence-corrected chi connectivity index (χ0v) is 16.6. The van der Waals surface area contributed by atoms with Crippen LogP contribution < -0.4 is 15.8 Å². The summed E-state index contributed by atoms with van der Waals surface area (Å²) in [7, 11) is 0. The maximum absolute atomic E-state index is 13.2. The Kier molecular flexibility index (Phi) is 6.73. The number of nitrogens with two attached hydrogens (primary N) is 1. The summed E-state index contributed by atoms with van der Waals surface area (Å²) in [5, 5.41) is 3.34. The van der Waals surface area contributed by atoms with E-state index in [0.717, 1.165) is 24.1 Å². The molecule has 0 saturated heterocycles. The molecule has 5 nitrogen and oxygen atoms in total. The molecule has 0 radical (unpaired) electrons. The number of rotatable bonds is 8. The zero-order valence-electron chi connectivity index (χ0n) is 15.0. The van der Waals surface area contributed by atoms with Gasteiger partial charge in [0.05, 0.1) is 10.0 Å². The molecule has 144 valence electrons. The summed E-state index contributed by atoms with van der Waals surface area (Å²) in [6, 6.07) is 15.9. The molecule has 0 bridgehead atoms. The van der Waals surface area contributed by atoms with E-state index in [9.17, 15) is 9.18 Å². The van der Waals surface area contributed by atoms with Crippen molar-refractivity contribution in [1.29, 1.82) is 0 Å². The molecule has 1 aromatic heterocycles. The van der Waals surface area contributed by atoms with E-state index in [0.29, 0.717) is 28.2 Å². The highest BCUT2D eigenvalue weighted by molar-refractivity contribution is 9.10.